The zero-order valence-corrected chi connectivity index (χ0v) is 14.9. The van der Waals surface area contributed by atoms with Crippen LogP contribution >= 0.6 is 11.6 Å². The molecule has 1 amide bonds. The van der Waals surface area contributed by atoms with Crippen molar-refractivity contribution in [3.63, 3.8) is 0 Å². The molecule has 6 heteroatoms. The SMILES string of the molecule is CCc1nnc(C)cc1C(=O)N1CCCc2c(Cl)ccc(OC)c21. The summed E-state index contributed by atoms with van der Waals surface area (Å²) >= 11 is 6.36. The second-order valence-electron chi connectivity index (χ2n) is 5.84. The second kappa shape index (κ2) is 6.77. The molecule has 1 aliphatic rings. The molecular formula is C18H20ClN3O2. The van der Waals surface area contributed by atoms with Gasteiger partial charge < -0.3 is 9.64 Å². The quantitative estimate of drug-likeness (QED) is 0.852. The lowest BCUT2D eigenvalue weighted by Gasteiger charge is -2.32. The molecule has 0 saturated carbocycles. The molecule has 3 rings (SSSR count). The van der Waals surface area contributed by atoms with Gasteiger partial charge in [-0.1, -0.05) is 18.5 Å². The lowest BCUT2D eigenvalue weighted by molar-refractivity contribution is 0.0982. The number of ether oxygens (including phenoxy) is 1. The van der Waals surface area contributed by atoms with Crippen molar-refractivity contribution in [2.24, 2.45) is 0 Å². The van der Waals surface area contributed by atoms with Crippen LogP contribution in [0, 0.1) is 6.92 Å². The van der Waals surface area contributed by atoms with Gasteiger partial charge in [0.2, 0.25) is 0 Å². The number of anilines is 1. The van der Waals surface area contributed by atoms with Crippen LogP contribution < -0.4 is 9.64 Å². The Balaban J connectivity index is 2.11. The van der Waals surface area contributed by atoms with E-state index in [2.05, 4.69) is 10.2 Å². The molecule has 0 atom stereocenters. The van der Waals surface area contributed by atoms with E-state index >= 15 is 0 Å². The van der Waals surface area contributed by atoms with Gasteiger partial charge >= 0.3 is 0 Å². The number of hydrogen-bond donors (Lipinski definition) is 0. The van der Waals surface area contributed by atoms with E-state index in [9.17, 15) is 4.79 Å². The first-order valence-corrected chi connectivity index (χ1v) is 8.45. The number of benzene rings is 1. The zero-order chi connectivity index (χ0) is 17.3. The molecule has 5 nitrogen and oxygen atoms in total. The summed E-state index contributed by atoms with van der Waals surface area (Å²) in [5.74, 6) is 0.589. The summed E-state index contributed by atoms with van der Waals surface area (Å²) in [7, 11) is 1.61. The fourth-order valence-electron chi connectivity index (χ4n) is 3.12. The number of rotatable bonds is 3. The molecule has 0 N–H and O–H groups in total. The maximum atomic E-state index is 13.2. The molecule has 0 bridgehead atoms. The van der Waals surface area contributed by atoms with Gasteiger partial charge in [-0.25, -0.2) is 0 Å². The summed E-state index contributed by atoms with van der Waals surface area (Å²) in [4.78, 5) is 15.0. The van der Waals surface area contributed by atoms with Gasteiger partial charge in [0.1, 0.15) is 5.75 Å². The predicted octanol–water partition coefficient (Wildman–Crippen LogP) is 3.60. The lowest BCUT2D eigenvalue weighted by Crippen LogP contribution is -2.36. The molecule has 1 aromatic carbocycles. The maximum absolute atomic E-state index is 13.2. The van der Waals surface area contributed by atoms with E-state index < -0.39 is 0 Å². The van der Waals surface area contributed by atoms with Crippen molar-refractivity contribution in [3.05, 3.63) is 45.7 Å². The van der Waals surface area contributed by atoms with Crippen LogP contribution in [0.3, 0.4) is 0 Å². The molecule has 1 aliphatic heterocycles. The normalized spacial score (nSPS) is 13.6. The average molecular weight is 346 g/mol. The average Bonchev–Trinajstić information content (AvgIpc) is 2.61. The number of aryl methyl sites for hydroxylation is 2. The lowest BCUT2D eigenvalue weighted by atomic mass is 9.99. The minimum Gasteiger partial charge on any atom is -0.495 e. The standard InChI is InChI=1S/C18H20ClN3O2/c1-4-15-13(10-11(2)20-21-15)18(23)22-9-5-6-12-14(19)7-8-16(24-3)17(12)22/h7-8,10H,4-6,9H2,1-3H3. The van der Waals surface area contributed by atoms with Crippen molar-refractivity contribution in [1.29, 1.82) is 0 Å². The van der Waals surface area contributed by atoms with Crippen molar-refractivity contribution < 1.29 is 9.53 Å². The predicted molar refractivity (Wildman–Crippen MR) is 94.1 cm³/mol. The Morgan fingerprint density at radius 1 is 1.38 bits per heavy atom. The van der Waals surface area contributed by atoms with E-state index in [1.54, 1.807) is 18.1 Å². The molecule has 0 unspecified atom stereocenters. The highest BCUT2D eigenvalue weighted by Gasteiger charge is 2.29. The maximum Gasteiger partial charge on any atom is 0.260 e. The molecule has 2 aromatic rings. The van der Waals surface area contributed by atoms with Crippen molar-refractivity contribution in [2.75, 3.05) is 18.6 Å². The zero-order valence-electron chi connectivity index (χ0n) is 14.1. The monoisotopic (exact) mass is 345 g/mol. The van der Waals surface area contributed by atoms with Crippen LogP contribution in [0.2, 0.25) is 5.02 Å². The van der Waals surface area contributed by atoms with Crippen LogP contribution in [0.1, 0.15) is 40.7 Å². The van der Waals surface area contributed by atoms with E-state index in [0.717, 1.165) is 29.8 Å². The van der Waals surface area contributed by atoms with Crippen molar-refractivity contribution in [2.45, 2.75) is 33.1 Å². The first kappa shape index (κ1) is 16.7. The molecule has 0 aliphatic carbocycles. The van der Waals surface area contributed by atoms with E-state index in [1.807, 2.05) is 26.0 Å². The van der Waals surface area contributed by atoms with Crippen LogP contribution in [-0.4, -0.2) is 29.8 Å². The molecule has 1 aromatic heterocycles. The van der Waals surface area contributed by atoms with Crippen molar-refractivity contribution >= 4 is 23.2 Å². The first-order valence-electron chi connectivity index (χ1n) is 8.07. The van der Waals surface area contributed by atoms with Crippen molar-refractivity contribution in [1.82, 2.24) is 10.2 Å². The highest BCUT2D eigenvalue weighted by molar-refractivity contribution is 6.32. The van der Waals surface area contributed by atoms with Gasteiger partial charge in [-0.15, -0.1) is 0 Å². The minimum atomic E-state index is -0.0774. The Kier molecular flexibility index (Phi) is 4.71. The van der Waals surface area contributed by atoms with Gasteiger partial charge in [0, 0.05) is 11.6 Å². The Hall–Kier alpha value is -2.14. The highest BCUT2D eigenvalue weighted by Crippen LogP contribution is 2.41. The molecular weight excluding hydrogens is 326 g/mol. The molecule has 24 heavy (non-hydrogen) atoms. The summed E-state index contributed by atoms with van der Waals surface area (Å²) in [5.41, 5.74) is 3.77. The number of aromatic nitrogens is 2. The largest absolute Gasteiger partial charge is 0.495 e. The molecule has 0 fully saturated rings. The number of fused-ring (bicyclic) bond motifs is 1. The van der Waals surface area contributed by atoms with Crippen LogP contribution in [0.15, 0.2) is 18.2 Å². The Bertz CT molecular complexity index is 792. The van der Waals surface area contributed by atoms with Crippen LogP contribution in [0.5, 0.6) is 5.75 Å². The summed E-state index contributed by atoms with van der Waals surface area (Å²) < 4.78 is 5.48. The number of amides is 1. The number of nitrogens with zero attached hydrogens (tertiary/aromatic N) is 3. The molecule has 0 saturated heterocycles. The van der Waals surface area contributed by atoms with Crippen LogP contribution in [-0.2, 0) is 12.8 Å². The minimum absolute atomic E-state index is 0.0774. The van der Waals surface area contributed by atoms with Crippen LogP contribution in [0.4, 0.5) is 5.69 Å². The molecule has 2 heterocycles. The molecule has 126 valence electrons. The fraction of sp³-hybridized carbons (Fsp3) is 0.389. The summed E-state index contributed by atoms with van der Waals surface area (Å²) in [6.07, 6.45) is 2.36. The highest BCUT2D eigenvalue weighted by atomic mass is 35.5. The number of methoxy groups -OCH3 is 1. The topological polar surface area (TPSA) is 55.3 Å². The molecule has 0 spiro atoms. The summed E-state index contributed by atoms with van der Waals surface area (Å²) in [5, 5.41) is 8.91. The van der Waals surface area contributed by atoms with Gasteiger partial charge in [0.05, 0.1) is 29.7 Å². The van der Waals surface area contributed by atoms with Crippen LogP contribution in [0.25, 0.3) is 0 Å². The van der Waals surface area contributed by atoms with Gasteiger partial charge in [-0.05, 0) is 49.9 Å². The van der Waals surface area contributed by atoms with Gasteiger partial charge in [-0.2, -0.15) is 10.2 Å². The third kappa shape index (κ3) is 2.84. The number of carbonyl (C=O) groups excluding carboxylic acids is 1. The smallest absolute Gasteiger partial charge is 0.260 e. The molecule has 0 radical (unpaired) electrons. The van der Waals surface area contributed by atoms with E-state index in [-0.39, 0.29) is 5.91 Å². The van der Waals surface area contributed by atoms with E-state index in [4.69, 9.17) is 16.3 Å². The van der Waals surface area contributed by atoms with Gasteiger partial charge in [-0.3, -0.25) is 4.79 Å². The van der Waals surface area contributed by atoms with E-state index in [1.165, 1.54) is 0 Å². The number of halogens is 1. The Morgan fingerprint density at radius 2 is 2.17 bits per heavy atom. The van der Waals surface area contributed by atoms with Crippen molar-refractivity contribution in [3.8, 4) is 5.75 Å². The second-order valence-corrected chi connectivity index (χ2v) is 6.24. The Morgan fingerprint density at radius 3 is 2.88 bits per heavy atom. The third-order valence-electron chi connectivity index (χ3n) is 4.29. The Labute approximate surface area is 146 Å². The summed E-state index contributed by atoms with van der Waals surface area (Å²) in [6, 6.07) is 5.44. The number of hydrogen-bond acceptors (Lipinski definition) is 4. The van der Waals surface area contributed by atoms with Gasteiger partial charge in [0.25, 0.3) is 5.91 Å². The fourth-order valence-corrected chi connectivity index (χ4v) is 3.37. The summed E-state index contributed by atoms with van der Waals surface area (Å²) in [6.45, 7) is 4.44. The third-order valence-corrected chi connectivity index (χ3v) is 4.64. The van der Waals surface area contributed by atoms with Gasteiger partial charge in [0.15, 0.2) is 0 Å². The number of carbonyl (C=O) groups is 1. The van der Waals surface area contributed by atoms with E-state index in [0.29, 0.717) is 35.0 Å². The first-order chi connectivity index (χ1) is 11.6.